The molecule has 1 aliphatic carbocycles. The first kappa shape index (κ1) is 27.4. The Morgan fingerprint density at radius 3 is 2.52 bits per heavy atom. The summed E-state index contributed by atoms with van der Waals surface area (Å²) in [6, 6.07) is 16.1. The van der Waals surface area contributed by atoms with Crippen molar-refractivity contribution in [2.75, 3.05) is 0 Å². The Labute approximate surface area is 234 Å². The van der Waals surface area contributed by atoms with E-state index in [1.54, 1.807) is 18.2 Å². The largest absolute Gasteiger partial charge is 0.586 e. The average Bonchev–Trinajstić information content (AvgIpc) is 3.49. The molecule has 0 spiro atoms. The molecule has 1 unspecified atom stereocenters. The number of fused-ring (bicyclic) bond motifs is 2. The highest BCUT2D eigenvalue weighted by atomic mass is 19.4. The van der Waals surface area contributed by atoms with Crippen LogP contribution in [0, 0.1) is 0 Å². The third-order valence-corrected chi connectivity index (χ3v) is 6.80. The van der Waals surface area contributed by atoms with Gasteiger partial charge in [0.25, 0.3) is 0 Å². The highest BCUT2D eigenvalue weighted by Crippen LogP contribution is 2.43. The Bertz CT molecular complexity index is 1650. The topological polar surface area (TPSA) is 92.0 Å². The zero-order valence-electron chi connectivity index (χ0n) is 21.5. The molecule has 6 rings (SSSR count). The van der Waals surface area contributed by atoms with Gasteiger partial charge >= 0.3 is 18.4 Å². The highest BCUT2D eigenvalue weighted by Gasteiger charge is 2.44. The van der Waals surface area contributed by atoms with Crippen LogP contribution >= 0.6 is 0 Å². The van der Waals surface area contributed by atoms with E-state index in [0.717, 1.165) is 0 Å². The molecule has 42 heavy (non-hydrogen) atoms. The number of aromatic nitrogens is 2. The minimum atomic E-state index is -4.70. The zero-order chi connectivity index (χ0) is 29.6. The Kier molecular flexibility index (Phi) is 6.66. The fourth-order valence-electron chi connectivity index (χ4n) is 4.98. The van der Waals surface area contributed by atoms with E-state index in [1.165, 1.54) is 53.2 Å². The molecule has 218 valence electrons. The van der Waals surface area contributed by atoms with Crippen LogP contribution in [-0.4, -0.2) is 27.2 Å². The Balaban J connectivity index is 1.29. The summed E-state index contributed by atoms with van der Waals surface area (Å²) in [7, 11) is 0. The average molecular weight is 588 g/mol. The van der Waals surface area contributed by atoms with Crippen molar-refractivity contribution in [3.63, 3.8) is 0 Å². The standard InChI is InChI=1S/C29H21F5N2O6/c30-28(31,32)26-21-5-2-6-23(40-19-10-8-17(9-11-19)27(37)38)25(21)36(35-26)18-3-1-4-20(14-18)39-15-16-7-12-22-24(13-16)42-29(33,34)41-22/h1,3-4,7-14,23H,2,5-6,15H2,(H,37,38). The van der Waals surface area contributed by atoms with Crippen LogP contribution in [0.2, 0.25) is 0 Å². The second-order valence-electron chi connectivity index (χ2n) is 9.68. The third-order valence-electron chi connectivity index (χ3n) is 6.80. The maximum atomic E-state index is 14.0. The number of hydrogen-bond donors (Lipinski definition) is 1. The van der Waals surface area contributed by atoms with Crippen LogP contribution in [0.5, 0.6) is 23.0 Å². The number of benzene rings is 3. The van der Waals surface area contributed by atoms with E-state index < -0.39 is 30.2 Å². The molecule has 2 heterocycles. The molecule has 0 bridgehead atoms. The normalized spacial score (nSPS) is 17.0. The quantitative estimate of drug-likeness (QED) is 0.234. The lowest BCUT2D eigenvalue weighted by molar-refractivity contribution is -0.286. The highest BCUT2D eigenvalue weighted by molar-refractivity contribution is 5.87. The smallest absolute Gasteiger partial charge is 0.489 e. The first-order chi connectivity index (χ1) is 20.0. The summed E-state index contributed by atoms with van der Waals surface area (Å²) in [5.74, 6) is -0.759. The molecule has 0 radical (unpaired) electrons. The monoisotopic (exact) mass is 588 g/mol. The summed E-state index contributed by atoms with van der Waals surface area (Å²) in [6.07, 6.45) is -8.24. The van der Waals surface area contributed by atoms with Gasteiger partial charge in [-0.1, -0.05) is 12.1 Å². The summed E-state index contributed by atoms with van der Waals surface area (Å²) >= 11 is 0. The minimum Gasteiger partial charge on any atom is -0.489 e. The fraction of sp³-hybridized carbons (Fsp3) is 0.241. The number of carboxylic acid groups (broad SMARTS) is 1. The van der Waals surface area contributed by atoms with Crippen LogP contribution in [0.4, 0.5) is 22.0 Å². The summed E-state index contributed by atoms with van der Waals surface area (Å²) in [6.45, 7) is -0.0469. The van der Waals surface area contributed by atoms with Gasteiger partial charge in [0.2, 0.25) is 0 Å². The molecule has 2 aliphatic rings. The number of nitrogens with zero attached hydrogens (tertiary/aromatic N) is 2. The molecule has 0 saturated carbocycles. The number of carbonyl (C=O) groups is 1. The van der Waals surface area contributed by atoms with Gasteiger partial charge in [-0.25, -0.2) is 9.48 Å². The second kappa shape index (κ2) is 10.2. The zero-order valence-corrected chi connectivity index (χ0v) is 21.5. The molecular formula is C29H21F5N2O6. The van der Waals surface area contributed by atoms with Crippen LogP contribution < -0.4 is 18.9 Å². The minimum absolute atomic E-state index is 0.0318. The molecule has 3 aromatic carbocycles. The molecule has 0 amide bonds. The lowest BCUT2D eigenvalue weighted by Crippen LogP contribution is -2.25. The van der Waals surface area contributed by atoms with Gasteiger partial charge in [0, 0.05) is 11.6 Å². The molecule has 1 aliphatic heterocycles. The van der Waals surface area contributed by atoms with E-state index in [9.17, 15) is 26.7 Å². The fourth-order valence-corrected chi connectivity index (χ4v) is 4.98. The van der Waals surface area contributed by atoms with Crippen LogP contribution in [0.25, 0.3) is 5.69 Å². The summed E-state index contributed by atoms with van der Waals surface area (Å²) < 4.78 is 90.7. The number of ether oxygens (including phenoxy) is 4. The molecule has 0 saturated heterocycles. The Morgan fingerprint density at radius 2 is 1.79 bits per heavy atom. The number of aromatic carboxylic acids is 1. The number of rotatable bonds is 7. The molecule has 8 nitrogen and oxygen atoms in total. The lowest BCUT2D eigenvalue weighted by Gasteiger charge is -2.26. The first-order valence-electron chi connectivity index (χ1n) is 12.8. The molecule has 4 aromatic rings. The number of carboxylic acids is 1. The lowest BCUT2D eigenvalue weighted by atomic mass is 9.93. The first-order valence-corrected chi connectivity index (χ1v) is 12.8. The summed E-state index contributed by atoms with van der Waals surface area (Å²) in [5.41, 5.74) is 0.108. The summed E-state index contributed by atoms with van der Waals surface area (Å²) in [4.78, 5) is 11.2. The second-order valence-corrected chi connectivity index (χ2v) is 9.68. The number of alkyl halides is 5. The van der Waals surface area contributed by atoms with Crippen LogP contribution in [0.1, 0.15) is 51.8 Å². The van der Waals surface area contributed by atoms with Gasteiger partial charge in [-0.15, -0.1) is 8.78 Å². The van der Waals surface area contributed by atoms with Crippen molar-refractivity contribution in [3.05, 3.63) is 94.8 Å². The molecule has 13 heteroatoms. The van der Waals surface area contributed by atoms with Gasteiger partial charge in [-0.3, -0.25) is 0 Å². The van der Waals surface area contributed by atoms with Crippen molar-refractivity contribution in [1.82, 2.24) is 9.78 Å². The molecule has 1 N–H and O–H groups in total. The van der Waals surface area contributed by atoms with Crippen molar-refractivity contribution in [2.24, 2.45) is 0 Å². The van der Waals surface area contributed by atoms with Crippen molar-refractivity contribution in [2.45, 2.75) is 44.4 Å². The maximum absolute atomic E-state index is 14.0. The van der Waals surface area contributed by atoms with E-state index in [2.05, 4.69) is 14.6 Å². The number of halogens is 5. The van der Waals surface area contributed by atoms with Crippen LogP contribution in [0.15, 0.2) is 66.7 Å². The van der Waals surface area contributed by atoms with Crippen molar-refractivity contribution in [3.8, 4) is 28.7 Å². The Morgan fingerprint density at radius 1 is 1.02 bits per heavy atom. The summed E-state index contributed by atoms with van der Waals surface area (Å²) in [5, 5.41) is 13.1. The predicted molar refractivity (Wildman–Crippen MR) is 135 cm³/mol. The maximum Gasteiger partial charge on any atom is 0.586 e. The van der Waals surface area contributed by atoms with E-state index in [-0.39, 0.29) is 41.3 Å². The van der Waals surface area contributed by atoms with E-state index in [4.69, 9.17) is 14.6 Å². The van der Waals surface area contributed by atoms with Gasteiger partial charge in [0.1, 0.15) is 24.2 Å². The van der Waals surface area contributed by atoms with Gasteiger partial charge in [0.05, 0.1) is 16.9 Å². The Hall–Kier alpha value is -4.81. The number of hydrogen-bond acceptors (Lipinski definition) is 6. The molecule has 1 aromatic heterocycles. The third kappa shape index (κ3) is 5.41. The predicted octanol–water partition coefficient (Wildman–Crippen LogP) is 6.95. The molecule has 0 fully saturated rings. The molecular weight excluding hydrogens is 567 g/mol. The van der Waals surface area contributed by atoms with Crippen molar-refractivity contribution >= 4 is 5.97 Å². The SMILES string of the molecule is O=C(O)c1ccc(OC2CCCc3c(C(F)(F)F)nn(-c4cccc(OCc5ccc6c(c5)OC(F)(F)O6)c4)c32)cc1. The van der Waals surface area contributed by atoms with Gasteiger partial charge in [-0.2, -0.15) is 18.3 Å². The molecule has 1 atom stereocenters. The van der Waals surface area contributed by atoms with Crippen molar-refractivity contribution in [1.29, 1.82) is 0 Å². The van der Waals surface area contributed by atoms with Gasteiger partial charge in [-0.05, 0) is 73.4 Å². The van der Waals surface area contributed by atoms with Gasteiger partial charge in [0.15, 0.2) is 17.2 Å². The van der Waals surface area contributed by atoms with Gasteiger partial charge < -0.3 is 24.1 Å². The van der Waals surface area contributed by atoms with Crippen LogP contribution in [-0.2, 0) is 19.2 Å². The van der Waals surface area contributed by atoms with E-state index in [1.807, 2.05) is 0 Å². The van der Waals surface area contributed by atoms with E-state index in [0.29, 0.717) is 35.6 Å². The van der Waals surface area contributed by atoms with E-state index >= 15 is 0 Å². The van der Waals surface area contributed by atoms with Crippen LogP contribution in [0.3, 0.4) is 0 Å². The van der Waals surface area contributed by atoms with Crippen molar-refractivity contribution < 1.29 is 50.8 Å².